The van der Waals surface area contributed by atoms with Gasteiger partial charge in [0.1, 0.15) is 0 Å². The van der Waals surface area contributed by atoms with Crippen molar-refractivity contribution in [2.45, 2.75) is 12.8 Å². The number of carbonyl (C=O) groups excluding carboxylic acids is 2. The Bertz CT molecular complexity index is 159. The summed E-state index contributed by atoms with van der Waals surface area (Å²) < 4.78 is 0. The first-order valence-corrected chi connectivity index (χ1v) is 3.77. The van der Waals surface area contributed by atoms with E-state index in [1.54, 1.807) is 0 Å². The second kappa shape index (κ2) is 2.89. The Morgan fingerprint density at radius 1 is 1.00 bits per heavy atom. The average molecular weight is 181 g/mol. The first-order chi connectivity index (χ1) is 4.63. The Balaban J connectivity index is 2.51. The van der Waals surface area contributed by atoms with Crippen LogP contribution in [0.3, 0.4) is 0 Å². The van der Waals surface area contributed by atoms with E-state index in [1.165, 1.54) is 0 Å². The van der Waals surface area contributed by atoms with E-state index in [0.717, 1.165) is 0 Å². The third kappa shape index (κ3) is 1.32. The summed E-state index contributed by atoms with van der Waals surface area (Å²) in [4.78, 5) is 21.0. The summed E-state index contributed by atoms with van der Waals surface area (Å²) >= 11 is 10.3. The third-order valence-electron chi connectivity index (χ3n) is 1.86. The van der Waals surface area contributed by atoms with Gasteiger partial charge in [-0.2, -0.15) is 0 Å². The van der Waals surface area contributed by atoms with E-state index in [0.29, 0.717) is 12.8 Å². The van der Waals surface area contributed by atoms with Gasteiger partial charge in [0.15, 0.2) is 0 Å². The van der Waals surface area contributed by atoms with Gasteiger partial charge < -0.3 is 0 Å². The molecular weight excluding hydrogens is 175 g/mol. The normalized spacial score (nSPS) is 31.0. The lowest BCUT2D eigenvalue weighted by molar-refractivity contribution is -0.128. The van der Waals surface area contributed by atoms with Crippen molar-refractivity contribution in [2.24, 2.45) is 11.8 Å². The van der Waals surface area contributed by atoms with E-state index in [1.807, 2.05) is 0 Å². The summed E-state index contributed by atoms with van der Waals surface area (Å²) in [5.41, 5.74) is 0. The maximum absolute atomic E-state index is 10.5. The minimum Gasteiger partial charge on any atom is -0.281 e. The van der Waals surface area contributed by atoms with Crippen LogP contribution in [-0.4, -0.2) is 10.5 Å². The van der Waals surface area contributed by atoms with Gasteiger partial charge in [0.05, 0.1) is 0 Å². The summed E-state index contributed by atoms with van der Waals surface area (Å²) in [5, 5.41) is -0.879. The van der Waals surface area contributed by atoms with Crippen molar-refractivity contribution >= 4 is 33.7 Å². The largest absolute Gasteiger partial charge is 0.281 e. The van der Waals surface area contributed by atoms with Gasteiger partial charge >= 0.3 is 0 Å². The Kier molecular flexibility index (Phi) is 2.32. The quantitative estimate of drug-likeness (QED) is 0.605. The fraction of sp³-hybridized carbons (Fsp3) is 0.667. The molecule has 0 heterocycles. The molecular formula is C6H6Cl2O2. The van der Waals surface area contributed by atoms with Crippen molar-refractivity contribution in [1.82, 2.24) is 0 Å². The highest BCUT2D eigenvalue weighted by atomic mass is 35.5. The molecule has 0 bridgehead atoms. The first-order valence-electron chi connectivity index (χ1n) is 3.01. The van der Waals surface area contributed by atoms with Crippen molar-refractivity contribution in [3.05, 3.63) is 0 Å². The van der Waals surface area contributed by atoms with E-state index >= 15 is 0 Å². The lowest BCUT2D eigenvalue weighted by atomic mass is 9.75. The smallest absolute Gasteiger partial charge is 0.225 e. The number of rotatable bonds is 2. The SMILES string of the molecule is O=C(Cl)C1CCC1C(=O)Cl. The van der Waals surface area contributed by atoms with Crippen molar-refractivity contribution in [3.8, 4) is 0 Å². The lowest BCUT2D eigenvalue weighted by Gasteiger charge is -2.30. The van der Waals surface area contributed by atoms with Crippen LogP contribution in [0, 0.1) is 11.8 Å². The highest BCUT2D eigenvalue weighted by Crippen LogP contribution is 2.37. The molecule has 1 fully saturated rings. The molecule has 0 N–H and O–H groups in total. The molecule has 2 unspecified atom stereocenters. The molecule has 1 rings (SSSR count). The molecule has 0 amide bonds. The Morgan fingerprint density at radius 2 is 1.30 bits per heavy atom. The predicted octanol–water partition coefficient (Wildman–Crippen LogP) is 1.54. The minimum absolute atomic E-state index is 0.313. The number of hydrogen-bond acceptors (Lipinski definition) is 2. The lowest BCUT2D eigenvalue weighted by Crippen LogP contribution is -2.34. The summed E-state index contributed by atoms with van der Waals surface area (Å²) in [5.74, 6) is -0.627. The van der Waals surface area contributed by atoms with Gasteiger partial charge in [-0.25, -0.2) is 0 Å². The maximum Gasteiger partial charge on any atom is 0.225 e. The van der Waals surface area contributed by atoms with Crippen LogP contribution >= 0.6 is 23.2 Å². The molecule has 0 aromatic rings. The predicted molar refractivity (Wildman–Crippen MR) is 37.9 cm³/mol. The molecule has 10 heavy (non-hydrogen) atoms. The van der Waals surface area contributed by atoms with Crippen molar-refractivity contribution in [3.63, 3.8) is 0 Å². The summed E-state index contributed by atoms with van der Waals surface area (Å²) in [6.45, 7) is 0. The van der Waals surface area contributed by atoms with E-state index < -0.39 is 10.5 Å². The average Bonchev–Trinajstić information content (AvgIpc) is 1.56. The Morgan fingerprint density at radius 3 is 1.40 bits per heavy atom. The zero-order chi connectivity index (χ0) is 7.72. The van der Waals surface area contributed by atoms with E-state index in [2.05, 4.69) is 0 Å². The maximum atomic E-state index is 10.5. The highest BCUT2D eigenvalue weighted by Gasteiger charge is 2.39. The van der Waals surface area contributed by atoms with Gasteiger partial charge in [-0.3, -0.25) is 9.59 Å². The van der Waals surface area contributed by atoms with Gasteiger partial charge in [-0.05, 0) is 36.0 Å². The van der Waals surface area contributed by atoms with Crippen LogP contribution < -0.4 is 0 Å². The number of halogens is 2. The van der Waals surface area contributed by atoms with Crippen LogP contribution in [0.2, 0.25) is 0 Å². The summed E-state index contributed by atoms with van der Waals surface area (Å²) in [6.07, 6.45) is 1.40. The van der Waals surface area contributed by atoms with Crippen LogP contribution in [0.25, 0.3) is 0 Å². The monoisotopic (exact) mass is 180 g/mol. The van der Waals surface area contributed by atoms with Gasteiger partial charge in [0, 0.05) is 11.8 Å². The van der Waals surface area contributed by atoms with Crippen LogP contribution in [0.1, 0.15) is 12.8 Å². The molecule has 1 aliphatic carbocycles. The fourth-order valence-electron chi connectivity index (χ4n) is 1.04. The van der Waals surface area contributed by atoms with Gasteiger partial charge in [0.2, 0.25) is 10.5 Å². The number of hydrogen-bond donors (Lipinski definition) is 0. The van der Waals surface area contributed by atoms with Crippen LogP contribution in [0.15, 0.2) is 0 Å². The second-order valence-electron chi connectivity index (χ2n) is 2.40. The zero-order valence-electron chi connectivity index (χ0n) is 5.14. The van der Waals surface area contributed by atoms with Crippen molar-refractivity contribution < 1.29 is 9.59 Å². The standard InChI is InChI=1S/C6H6Cl2O2/c7-5(9)3-1-2-4(3)6(8)10/h3-4H,1-2H2. The van der Waals surface area contributed by atoms with Gasteiger partial charge in [-0.1, -0.05) is 0 Å². The molecule has 1 saturated carbocycles. The molecule has 0 spiro atoms. The molecule has 2 atom stereocenters. The topological polar surface area (TPSA) is 34.1 Å². The summed E-state index contributed by atoms with van der Waals surface area (Å²) in [6, 6.07) is 0. The van der Waals surface area contributed by atoms with E-state index in [9.17, 15) is 9.59 Å². The van der Waals surface area contributed by atoms with Gasteiger partial charge in [0.25, 0.3) is 0 Å². The molecule has 0 saturated heterocycles. The van der Waals surface area contributed by atoms with E-state index in [4.69, 9.17) is 23.2 Å². The highest BCUT2D eigenvalue weighted by molar-refractivity contribution is 6.67. The van der Waals surface area contributed by atoms with Crippen LogP contribution in [0.4, 0.5) is 0 Å². The molecule has 4 heteroatoms. The first kappa shape index (κ1) is 8.02. The fourth-order valence-corrected chi connectivity index (χ4v) is 1.57. The molecule has 2 nitrogen and oxygen atoms in total. The van der Waals surface area contributed by atoms with E-state index in [-0.39, 0.29) is 11.8 Å². The molecule has 56 valence electrons. The molecule has 0 aromatic carbocycles. The molecule has 0 aromatic heterocycles. The number of carbonyl (C=O) groups is 2. The minimum atomic E-state index is -0.440. The summed E-state index contributed by atoms with van der Waals surface area (Å²) in [7, 11) is 0. The molecule has 0 radical (unpaired) electrons. The van der Waals surface area contributed by atoms with Crippen LogP contribution in [0.5, 0.6) is 0 Å². The van der Waals surface area contributed by atoms with Gasteiger partial charge in [-0.15, -0.1) is 0 Å². The second-order valence-corrected chi connectivity index (χ2v) is 3.14. The van der Waals surface area contributed by atoms with Crippen molar-refractivity contribution in [2.75, 3.05) is 0 Å². The Hall–Kier alpha value is -0.0800. The molecule has 1 aliphatic rings. The Labute approximate surface area is 68.5 Å². The molecule has 0 aliphatic heterocycles. The zero-order valence-corrected chi connectivity index (χ0v) is 6.65. The van der Waals surface area contributed by atoms with Crippen LogP contribution in [-0.2, 0) is 9.59 Å². The third-order valence-corrected chi connectivity index (χ3v) is 2.42. The van der Waals surface area contributed by atoms with Crippen molar-refractivity contribution in [1.29, 1.82) is 0 Å².